The van der Waals surface area contributed by atoms with Crippen molar-refractivity contribution in [1.82, 2.24) is 4.90 Å². The van der Waals surface area contributed by atoms with E-state index in [4.69, 9.17) is 9.47 Å². The van der Waals surface area contributed by atoms with Crippen LogP contribution in [0.2, 0.25) is 0 Å². The molecule has 2 aromatic carbocycles. The third kappa shape index (κ3) is 4.29. The van der Waals surface area contributed by atoms with Crippen LogP contribution >= 0.6 is 0 Å². The largest absolute Gasteiger partial charge is 0.496 e. The van der Waals surface area contributed by atoms with Gasteiger partial charge in [-0.1, -0.05) is 23.8 Å². The third-order valence-corrected chi connectivity index (χ3v) is 4.41. The number of methoxy groups -OCH3 is 1. The summed E-state index contributed by atoms with van der Waals surface area (Å²) in [4.78, 5) is 14.3. The molecular weight excluding hydrogens is 333 g/mol. The Balaban J connectivity index is 1.69. The highest BCUT2D eigenvalue weighted by Crippen LogP contribution is 2.24. The molecule has 26 heavy (non-hydrogen) atoms. The van der Waals surface area contributed by atoms with E-state index in [1.807, 2.05) is 25.1 Å². The fraction of sp³-hybridized carbons (Fsp3) is 0.286. The minimum Gasteiger partial charge on any atom is -0.496 e. The van der Waals surface area contributed by atoms with Crippen LogP contribution in [0.1, 0.15) is 22.8 Å². The molecule has 1 heterocycles. The first-order valence-corrected chi connectivity index (χ1v) is 8.55. The van der Waals surface area contributed by atoms with Gasteiger partial charge in [0, 0.05) is 18.2 Å². The van der Waals surface area contributed by atoms with Crippen molar-refractivity contribution in [2.24, 2.45) is 0 Å². The number of rotatable bonds is 4. The number of carbonyl (C=O) groups is 1. The van der Waals surface area contributed by atoms with Crippen molar-refractivity contribution in [1.29, 1.82) is 0 Å². The van der Waals surface area contributed by atoms with Gasteiger partial charge in [-0.25, -0.2) is 4.39 Å². The molecule has 0 radical (unpaired) electrons. The van der Waals surface area contributed by atoms with Gasteiger partial charge in [-0.2, -0.15) is 0 Å². The second-order valence-electron chi connectivity index (χ2n) is 6.27. The lowest BCUT2D eigenvalue weighted by Crippen LogP contribution is -2.41. The van der Waals surface area contributed by atoms with Crippen LogP contribution in [-0.2, 0) is 9.53 Å². The van der Waals surface area contributed by atoms with Crippen LogP contribution in [-0.4, -0.2) is 37.6 Å². The number of hydrogen-bond acceptors (Lipinski definition) is 3. The normalized spacial score (nSPS) is 17.5. The number of benzene rings is 2. The summed E-state index contributed by atoms with van der Waals surface area (Å²) in [5.74, 6) is 0.363. The first-order chi connectivity index (χ1) is 12.6. The Hall–Kier alpha value is -2.66. The van der Waals surface area contributed by atoms with Gasteiger partial charge >= 0.3 is 0 Å². The van der Waals surface area contributed by atoms with Crippen LogP contribution in [0, 0.1) is 12.7 Å². The molecule has 1 atom stereocenters. The van der Waals surface area contributed by atoms with Crippen molar-refractivity contribution in [3.63, 3.8) is 0 Å². The highest BCUT2D eigenvalue weighted by Gasteiger charge is 2.24. The van der Waals surface area contributed by atoms with Crippen molar-refractivity contribution < 1.29 is 18.7 Å². The van der Waals surface area contributed by atoms with Crippen LogP contribution in [0.4, 0.5) is 4.39 Å². The number of amides is 1. The Kier molecular flexibility index (Phi) is 5.68. The number of nitrogens with zero attached hydrogens (tertiary/aromatic N) is 1. The summed E-state index contributed by atoms with van der Waals surface area (Å²) in [6.07, 6.45) is 3.09. The fourth-order valence-corrected chi connectivity index (χ4v) is 2.98. The van der Waals surface area contributed by atoms with E-state index in [0.717, 1.165) is 22.4 Å². The number of morpholine rings is 1. The van der Waals surface area contributed by atoms with Crippen molar-refractivity contribution >= 4 is 12.0 Å². The molecule has 2 aromatic rings. The molecule has 1 unspecified atom stereocenters. The van der Waals surface area contributed by atoms with Gasteiger partial charge in [0.1, 0.15) is 17.7 Å². The molecule has 1 fully saturated rings. The smallest absolute Gasteiger partial charge is 0.246 e. The maximum absolute atomic E-state index is 13.1. The van der Waals surface area contributed by atoms with Crippen LogP contribution < -0.4 is 4.74 Å². The van der Waals surface area contributed by atoms with E-state index in [2.05, 4.69) is 0 Å². The molecule has 0 aromatic heterocycles. The van der Waals surface area contributed by atoms with E-state index in [1.165, 1.54) is 12.1 Å². The lowest BCUT2D eigenvalue weighted by molar-refractivity contribution is -0.133. The molecule has 0 aliphatic carbocycles. The Morgan fingerprint density at radius 3 is 2.77 bits per heavy atom. The molecule has 1 saturated heterocycles. The average molecular weight is 355 g/mol. The zero-order valence-corrected chi connectivity index (χ0v) is 14.9. The number of hydrogen-bond donors (Lipinski definition) is 0. The van der Waals surface area contributed by atoms with Crippen LogP contribution in [0.15, 0.2) is 48.5 Å². The monoisotopic (exact) mass is 355 g/mol. The topological polar surface area (TPSA) is 38.8 Å². The fourth-order valence-electron chi connectivity index (χ4n) is 2.98. The molecule has 0 saturated carbocycles. The Morgan fingerprint density at radius 2 is 2.04 bits per heavy atom. The first-order valence-electron chi connectivity index (χ1n) is 8.55. The van der Waals surface area contributed by atoms with Gasteiger partial charge in [-0.3, -0.25) is 4.79 Å². The maximum Gasteiger partial charge on any atom is 0.246 e. The quantitative estimate of drug-likeness (QED) is 0.784. The van der Waals surface area contributed by atoms with Crippen molar-refractivity contribution in [3.05, 3.63) is 71.0 Å². The molecule has 0 N–H and O–H groups in total. The predicted octanol–water partition coefficient (Wildman–Crippen LogP) is 3.76. The number of ether oxygens (including phenoxy) is 2. The second kappa shape index (κ2) is 8.15. The van der Waals surface area contributed by atoms with Gasteiger partial charge in [-0.05, 0) is 42.8 Å². The van der Waals surface area contributed by atoms with Gasteiger partial charge in [0.25, 0.3) is 0 Å². The summed E-state index contributed by atoms with van der Waals surface area (Å²) in [6, 6.07) is 12.0. The second-order valence-corrected chi connectivity index (χ2v) is 6.27. The summed E-state index contributed by atoms with van der Waals surface area (Å²) in [6.45, 7) is 3.43. The Morgan fingerprint density at radius 1 is 1.27 bits per heavy atom. The molecule has 1 amide bonds. The van der Waals surface area contributed by atoms with Crippen LogP contribution in [0.3, 0.4) is 0 Å². The van der Waals surface area contributed by atoms with Gasteiger partial charge in [-0.15, -0.1) is 0 Å². The van der Waals surface area contributed by atoms with Crippen LogP contribution in [0.5, 0.6) is 5.75 Å². The van der Waals surface area contributed by atoms with Crippen molar-refractivity contribution in [2.45, 2.75) is 13.0 Å². The first kappa shape index (κ1) is 18.1. The Bertz CT molecular complexity index is 801. The van der Waals surface area contributed by atoms with E-state index in [9.17, 15) is 9.18 Å². The molecule has 136 valence electrons. The number of carbonyl (C=O) groups excluding carboxylic acids is 1. The average Bonchev–Trinajstić information content (AvgIpc) is 2.67. The molecular formula is C21H22FNO3. The highest BCUT2D eigenvalue weighted by molar-refractivity contribution is 5.92. The predicted molar refractivity (Wildman–Crippen MR) is 98.4 cm³/mol. The highest BCUT2D eigenvalue weighted by atomic mass is 19.1. The van der Waals surface area contributed by atoms with E-state index < -0.39 is 0 Å². The molecule has 1 aliphatic heterocycles. The Labute approximate surface area is 152 Å². The standard InChI is InChI=1S/C21H22FNO3/c1-15-3-9-19(25-2)17(13-15)6-10-21(24)23-11-12-26-20(14-23)16-4-7-18(22)8-5-16/h3-10,13,20H,11-12,14H2,1-2H3/b10-6+. The summed E-state index contributed by atoms with van der Waals surface area (Å²) in [5.41, 5.74) is 2.83. The summed E-state index contributed by atoms with van der Waals surface area (Å²) < 4.78 is 24.2. The molecule has 0 spiro atoms. The summed E-state index contributed by atoms with van der Waals surface area (Å²) in [7, 11) is 1.61. The van der Waals surface area contributed by atoms with E-state index in [-0.39, 0.29) is 17.8 Å². The summed E-state index contributed by atoms with van der Waals surface area (Å²) >= 11 is 0. The molecule has 1 aliphatic rings. The molecule has 0 bridgehead atoms. The van der Waals surface area contributed by atoms with Gasteiger partial charge in [0.05, 0.1) is 20.3 Å². The van der Waals surface area contributed by atoms with E-state index in [0.29, 0.717) is 19.7 Å². The molecule has 3 rings (SSSR count). The van der Waals surface area contributed by atoms with E-state index in [1.54, 1.807) is 36.3 Å². The van der Waals surface area contributed by atoms with Gasteiger partial charge < -0.3 is 14.4 Å². The van der Waals surface area contributed by atoms with Crippen molar-refractivity contribution in [3.8, 4) is 5.75 Å². The third-order valence-electron chi connectivity index (χ3n) is 4.41. The molecule has 5 heteroatoms. The SMILES string of the molecule is COc1ccc(C)cc1/C=C/C(=O)N1CCOC(c2ccc(F)cc2)C1. The minimum atomic E-state index is -0.285. The number of aryl methyl sites for hydroxylation is 1. The minimum absolute atomic E-state index is 0.0797. The maximum atomic E-state index is 13.1. The lowest BCUT2D eigenvalue weighted by Gasteiger charge is -2.32. The van der Waals surface area contributed by atoms with Gasteiger partial charge in [0.15, 0.2) is 0 Å². The molecule has 4 nitrogen and oxygen atoms in total. The van der Waals surface area contributed by atoms with Crippen molar-refractivity contribution in [2.75, 3.05) is 26.8 Å². The lowest BCUT2D eigenvalue weighted by atomic mass is 10.1. The zero-order valence-electron chi connectivity index (χ0n) is 14.9. The van der Waals surface area contributed by atoms with Gasteiger partial charge in [0.2, 0.25) is 5.91 Å². The zero-order chi connectivity index (χ0) is 18.5. The van der Waals surface area contributed by atoms with Crippen LogP contribution in [0.25, 0.3) is 6.08 Å². The number of halogens is 1. The summed E-state index contributed by atoms with van der Waals surface area (Å²) in [5, 5.41) is 0. The van der Waals surface area contributed by atoms with E-state index >= 15 is 0 Å².